The van der Waals surface area contributed by atoms with E-state index in [-0.39, 0.29) is 28.7 Å². The second-order valence-corrected chi connectivity index (χ2v) is 14.6. The van der Waals surface area contributed by atoms with Crippen LogP contribution in [0.25, 0.3) is 10.6 Å². The normalized spacial score (nSPS) is 15.9. The highest BCUT2D eigenvalue weighted by Crippen LogP contribution is 2.43. The number of aromatic nitrogens is 2. The lowest BCUT2D eigenvalue weighted by Gasteiger charge is -2.53. The van der Waals surface area contributed by atoms with E-state index in [4.69, 9.17) is 9.72 Å². The molecule has 53 heavy (non-hydrogen) atoms. The Morgan fingerprint density at radius 1 is 0.906 bits per heavy atom. The topological polar surface area (TPSA) is 117 Å². The first kappa shape index (κ1) is 34.5. The third-order valence-electron chi connectivity index (χ3n) is 9.97. The molecule has 3 aromatic heterocycles. The van der Waals surface area contributed by atoms with Crippen molar-refractivity contribution >= 4 is 51.9 Å². The zero-order valence-corrected chi connectivity index (χ0v) is 29.4. The van der Waals surface area contributed by atoms with Crippen LogP contribution < -0.4 is 20.4 Å². The first-order valence-corrected chi connectivity index (χ1v) is 18.0. The highest BCUT2D eigenvalue weighted by atomic mass is 32.1. The average Bonchev–Trinajstić information content (AvgIpc) is 3.50. The van der Waals surface area contributed by atoms with Gasteiger partial charge in [-0.1, -0.05) is 0 Å². The van der Waals surface area contributed by atoms with Crippen molar-refractivity contribution in [2.24, 2.45) is 5.41 Å². The van der Waals surface area contributed by atoms with Gasteiger partial charge in [0.05, 0.1) is 21.0 Å². The lowest BCUT2D eigenvalue weighted by Crippen LogP contribution is -2.59. The zero-order chi connectivity index (χ0) is 36.9. The lowest BCUT2D eigenvalue weighted by molar-refractivity contribution is -0.000519. The fourth-order valence-electron chi connectivity index (χ4n) is 7.16. The number of nitrogens with zero attached hydrogens (tertiary/aromatic N) is 4. The summed E-state index contributed by atoms with van der Waals surface area (Å²) in [7, 11) is 0. The average molecular weight is 739 g/mol. The number of carbonyl (C=O) groups is 3. The van der Waals surface area contributed by atoms with Crippen molar-refractivity contribution < 1.29 is 32.3 Å². The number of amides is 3. The number of pyridine rings is 2. The number of anilines is 4. The molecule has 6 heterocycles. The summed E-state index contributed by atoms with van der Waals surface area (Å²) in [5.74, 6) is -4.22. The van der Waals surface area contributed by atoms with Crippen LogP contribution in [0.2, 0.25) is 0 Å². The third kappa shape index (κ3) is 6.64. The van der Waals surface area contributed by atoms with Gasteiger partial charge in [0.2, 0.25) is 0 Å². The van der Waals surface area contributed by atoms with Gasteiger partial charge in [-0.25, -0.2) is 18.2 Å². The number of fused-ring (bicyclic) bond motifs is 3. The van der Waals surface area contributed by atoms with Crippen molar-refractivity contribution in [1.29, 1.82) is 0 Å². The minimum Gasteiger partial charge on any atom is -0.381 e. The van der Waals surface area contributed by atoms with E-state index >= 15 is 0 Å². The fraction of sp³-hybridized carbons (Fsp3) is 0.256. The molecule has 0 aliphatic carbocycles. The molecule has 3 aliphatic heterocycles. The van der Waals surface area contributed by atoms with Gasteiger partial charge in [0, 0.05) is 73.5 Å². The largest absolute Gasteiger partial charge is 0.381 e. The molecule has 8 rings (SSSR count). The van der Waals surface area contributed by atoms with Gasteiger partial charge in [-0.2, -0.15) is 0 Å². The van der Waals surface area contributed by atoms with Crippen molar-refractivity contribution in [3.8, 4) is 10.6 Å². The number of benzene rings is 2. The molecule has 0 radical (unpaired) electrons. The molecule has 2 fully saturated rings. The molecule has 10 nitrogen and oxygen atoms in total. The Bertz CT molecular complexity index is 2240. The highest BCUT2D eigenvalue weighted by molar-refractivity contribution is 7.17. The van der Waals surface area contributed by atoms with Crippen LogP contribution in [0.3, 0.4) is 0 Å². The molecule has 0 bridgehead atoms. The summed E-state index contributed by atoms with van der Waals surface area (Å²) in [6, 6.07) is 16.4. The van der Waals surface area contributed by atoms with Crippen LogP contribution in [0.5, 0.6) is 0 Å². The van der Waals surface area contributed by atoms with Crippen LogP contribution in [0, 0.1) is 29.8 Å². The molecular formula is C39H33F3N6O4S. The van der Waals surface area contributed by atoms with Gasteiger partial charge < -0.3 is 25.2 Å². The van der Waals surface area contributed by atoms with Gasteiger partial charge in [0.25, 0.3) is 17.7 Å². The molecule has 2 aromatic carbocycles. The summed E-state index contributed by atoms with van der Waals surface area (Å²) in [5.41, 5.74) is 3.44. The standard InChI is InChI=1S/C39H33F3N6O4S/c1-22-4-9-27(35(44-22)47-20-39(21-47)11-15-52-16-12-39)36(49)45-26-7-5-23(6-8-26)38(51)48-14-10-24-17-31(53-34(24)33-30(48)3-2-13-43-33)37(50)46-32-28(41)18-25(40)19-29(32)42/h2-9,13,17-19H,10-12,14-16,20-21H2,1H3,(H,45,49)(H,46,50). The number of rotatable bonds is 6. The summed E-state index contributed by atoms with van der Waals surface area (Å²) in [6.07, 6.45) is 3.95. The Morgan fingerprint density at radius 2 is 1.64 bits per heavy atom. The lowest BCUT2D eigenvalue weighted by atomic mass is 9.73. The van der Waals surface area contributed by atoms with Crippen LogP contribution in [0.4, 0.5) is 36.1 Å². The second kappa shape index (κ2) is 13.7. The predicted octanol–water partition coefficient (Wildman–Crippen LogP) is 7.26. The monoisotopic (exact) mass is 738 g/mol. The van der Waals surface area contributed by atoms with Crippen LogP contribution in [-0.2, 0) is 11.2 Å². The smallest absolute Gasteiger partial charge is 0.265 e. The summed E-state index contributed by atoms with van der Waals surface area (Å²) >= 11 is 1.08. The molecule has 3 amide bonds. The van der Waals surface area contributed by atoms with Gasteiger partial charge in [0.15, 0.2) is 11.6 Å². The van der Waals surface area contributed by atoms with Crippen LogP contribution >= 0.6 is 11.3 Å². The van der Waals surface area contributed by atoms with Gasteiger partial charge >= 0.3 is 0 Å². The molecule has 0 atom stereocenters. The number of hydrogen-bond donors (Lipinski definition) is 2. The van der Waals surface area contributed by atoms with Crippen LogP contribution in [-0.4, -0.2) is 60.5 Å². The zero-order valence-electron chi connectivity index (χ0n) is 28.5. The number of carbonyl (C=O) groups excluding carboxylic acids is 3. The Labute approximate surface area is 306 Å². The van der Waals surface area contributed by atoms with E-state index < -0.39 is 29.0 Å². The van der Waals surface area contributed by atoms with Crippen molar-refractivity contribution in [3.05, 3.63) is 118 Å². The highest BCUT2D eigenvalue weighted by Gasteiger charge is 2.45. The molecule has 0 saturated carbocycles. The second-order valence-electron chi connectivity index (χ2n) is 13.6. The molecule has 2 N–H and O–H groups in total. The quantitative estimate of drug-likeness (QED) is 0.189. The Kier molecular flexibility index (Phi) is 8.95. The summed E-state index contributed by atoms with van der Waals surface area (Å²) in [4.78, 5) is 54.4. The molecule has 5 aromatic rings. The van der Waals surface area contributed by atoms with Gasteiger partial charge in [-0.15, -0.1) is 11.3 Å². The molecule has 3 aliphatic rings. The molecular weight excluding hydrogens is 706 g/mol. The molecule has 2 saturated heterocycles. The fourth-order valence-corrected chi connectivity index (χ4v) is 8.27. The maximum atomic E-state index is 14.2. The molecule has 1 spiro atoms. The number of hydrogen-bond acceptors (Lipinski definition) is 8. The van der Waals surface area contributed by atoms with Gasteiger partial charge in [-0.3, -0.25) is 19.4 Å². The number of nitrogens with one attached hydrogen (secondary N) is 2. The first-order chi connectivity index (χ1) is 25.6. The van der Waals surface area contributed by atoms with Crippen LogP contribution in [0.15, 0.2) is 72.9 Å². The van der Waals surface area contributed by atoms with E-state index in [0.717, 1.165) is 61.7 Å². The van der Waals surface area contributed by atoms with E-state index in [2.05, 4.69) is 20.5 Å². The minimum atomic E-state index is -1.23. The summed E-state index contributed by atoms with van der Waals surface area (Å²) in [5, 5.41) is 5.17. The maximum absolute atomic E-state index is 14.2. The first-order valence-electron chi connectivity index (χ1n) is 17.2. The van der Waals surface area contributed by atoms with Crippen molar-refractivity contribution in [2.75, 3.05) is 53.3 Å². The number of aryl methyl sites for hydroxylation is 1. The number of halogens is 3. The number of ether oxygens (including phenoxy) is 1. The third-order valence-corrected chi connectivity index (χ3v) is 11.2. The van der Waals surface area contributed by atoms with E-state index in [9.17, 15) is 27.6 Å². The molecule has 270 valence electrons. The van der Waals surface area contributed by atoms with Crippen LogP contribution in [0.1, 0.15) is 54.5 Å². The number of thiophene rings is 1. The summed E-state index contributed by atoms with van der Waals surface area (Å²) < 4.78 is 47.4. The van der Waals surface area contributed by atoms with Crippen molar-refractivity contribution in [2.45, 2.75) is 26.2 Å². The van der Waals surface area contributed by atoms with Gasteiger partial charge in [0.1, 0.15) is 23.0 Å². The van der Waals surface area contributed by atoms with Gasteiger partial charge in [-0.05, 0) is 86.3 Å². The van der Waals surface area contributed by atoms with Crippen molar-refractivity contribution in [1.82, 2.24) is 9.97 Å². The Balaban J connectivity index is 0.973. The van der Waals surface area contributed by atoms with Crippen molar-refractivity contribution in [3.63, 3.8) is 0 Å². The summed E-state index contributed by atoms with van der Waals surface area (Å²) in [6.45, 7) is 5.35. The molecule has 14 heteroatoms. The molecule has 0 unspecified atom stereocenters. The Hall–Kier alpha value is -5.60. The maximum Gasteiger partial charge on any atom is 0.265 e. The predicted molar refractivity (Wildman–Crippen MR) is 195 cm³/mol. The minimum absolute atomic E-state index is 0.175. The van der Waals surface area contributed by atoms with E-state index in [0.29, 0.717) is 57.4 Å². The Morgan fingerprint density at radius 3 is 2.38 bits per heavy atom. The van der Waals surface area contributed by atoms with E-state index in [1.165, 1.54) is 0 Å². The van der Waals surface area contributed by atoms with E-state index in [1.54, 1.807) is 59.6 Å². The van der Waals surface area contributed by atoms with E-state index in [1.807, 2.05) is 13.0 Å². The SMILES string of the molecule is Cc1ccc(C(=O)Nc2ccc(C(=O)N3CCc4cc(C(=O)Nc5c(F)cc(F)cc5F)sc4-c4ncccc43)cc2)c(N2CC3(CCOCC3)C2)n1.